The van der Waals surface area contributed by atoms with Crippen LogP contribution >= 0.6 is 0 Å². The number of hydrogen-bond acceptors (Lipinski definition) is 3. The van der Waals surface area contributed by atoms with Crippen molar-refractivity contribution in [3.63, 3.8) is 0 Å². The summed E-state index contributed by atoms with van der Waals surface area (Å²) >= 11 is 0. The van der Waals surface area contributed by atoms with Gasteiger partial charge in [0.15, 0.2) is 0 Å². The number of halogens is 1. The molecule has 0 aliphatic carbocycles. The van der Waals surface area contributed by atoms with Gasteiger partial charge >= 0.3 is 0 Å². The zero-order valence-corrected chi connectivity index (χ0v) is 16.0. The van der Waals surface area contributed by atoms with Gasteiger partial charge in [-0.25, -0.2) is 12.8 Å². The molecule has 0 atom stereocenters. The Hall–Kier alpha value is -3.19. The second-order valence-electron chi connectivity index (χ2n) is 6.12. The average molecular weight is 398 g/mol. The van der Waals surface area contributed by atoms with Gasteiger partial charge < -0.3 is 5.32 Å². The number of carbonyl (C=O) groups excluding carboxylic acids is 1. The van der Waals surface area contributed by atoms with Crippen molar-refractivity contribution >= 4 is 27.3 Å². The second-order valence-corrected chi connectivity index (χ2v) is 7.80. The predicted octanol–water partition coefficient (Wildman–Crippen LogP) is 4.44. The van der Waals surface area contributed by atoms with E-state index in [1.807, 2.05) is 25.1 Å². The van der Waals surface area contributed by atoms with Crippen molar-refractivity contribution in [2.75, 3.05) is 10.0 Å². The number of carbonyl (C=O) groups is 1. The van der Waals surface area contributed by atoms with Crippen molar-refractivity contribution in [3.8, 4) is 0 Å². The molecule has 0 aliphatic heterocycles. The minimum atomic E-state index is -4.05. The van der Waals surface area contributed by atoms with Crippen LogP contribution in [0.15, 0.2) is 77.7 Å². The van der Waals surface area contributed by atoms with E-state index >= 15 is 0 Å². The summed E-state index contributed by atoms with van der Waals surface area (Å²) in [4.78, 5) is 12.4. The average Bonchev–Trinajstić information content (AvgIpc) is 2.70. The molecule has 0 aromatic heterocycles. The van der Waals surface area contributed by atoms with Crippen LogP contribution in [0.25, 0.3) is 0 Å². The minimum Gasteiger partial charge on any atom is -0.322 e. The van der Waals surface area contributed by atoms with Crippen LogP contribution < -0.4 is 10.0 Å². The number of amides is 1. The summed E-state index contributed by atoms with van der Waals surface area (Å²) in [7, 11) is -4.05. The van der Waals surface area contributed by atoms with E-state index in [2.05, 4.69) is 10.0 Å². The molecule has 0 radical (unpaired) electrons. The molecule has 0 bridgehead atoms. The lowest BCUT2D eigenvalue weighted by molar-refractivity contribution is 0.102. The Balaban J connectivity index is 1.83. The third kappa shape index (κ3) is 4.55. The monoisotopic (exact) mass is 398 g/mol. The van der Waals surface area contributed by atoms with Gasteiger partial charge in [-0.05, 0) is 54.4 Å². The Bertz CT molecular complexity index is 1110. The molecule has 0 spiro atoms. The van der Waals surface area contributed by atoms with Crippen molar-refractivity contribution in [3.05, 3.63) is 89.7 Å². The van der Waals surface area contributed by atoms with Crippen molar-refractivity contribution in [1.29, 1.82) is 0 Å². The lowest BCUT2D eigenvalue weighted by Crippen LogP contribution is -2.16. The summed E-state index contributed by atoms with van der Waals surface area (Å²) in [6.07, 6.45) is 0.832. The third-order valence-corrected chi connectivity index (χ3v) is 5.48. The summed E-state index contributed by atoms with van der Waals surface area (Å²) in [5.74, 6) is -1.12. The van der Waals surface area contributed by atoms with Gasteiger partial charge in [-0.1, -0.05) is 37.3 Å². The minimum absolute atomic E-state index is 0.134. The highest BCUT2D eigenvalue weighted by Crippen LogP contribution is 2.20. The molecular weight excluding hydrogens is 379 g/mol. The number of para-hydroxylation sites is 1. The van der Waals surface area contributed by atoms with Crippen LogP contribution in [0.2, 0.25) is 0 Å². The number of benzene rings is 3. The van der Waals surface area contributed by atoms with Crippen LogP contribution in [0.5, 0.6) is 0 Å². The molecule has 0 aliphatic rings. The zero-order valence-electron chi connectivity index (χ0n) is 15.1. The van der Waals surface area contributed by atoms with Crippen molar-refractivity contribution in [2.45, 2.75) is 18.2 Å². The normalized spacial score (nSPS) is 11.1. The molecule has 0 saturated heterocycles. The quantitative estimate of drug-likeness (QED) is 0.645. The number of hydrogen-bond donors (Lipinski definition) is 2. The first-order chi connectivity index (χ1) is 13.4. The largest absolute Gasteiger partial charge is 0.322 e. The summed E-state index contributed by atoms with van der Waals surface area (Å²) in [5, 5.41) is 2.76. The molecule has 28 heavy (non-hydrogen) atoms. The fourth-order valence-corrected chi connectivity index (χ4v) is 3.74. The Kier molecular flexibility index (Phi) is 5.75. The Labute approximate surface area is 163 Å². The number of rotatable bonds is 6. The standard InChI is InChI=1S/C21H19FN2O3S/c1-2-15-7-5-9-17(13-15)23-21(25)16-8-6-10-18(14-16)28(26,27)24-20-12-4-3-11-19(20)22/h3-14,24H,2H2,1H3,(H,23,25). The highest BCUT2D eigenvalue weighted by atomic mass is 32.2. The molecule has 5 nitrogen and oxygen atoms in total. The second kappa shape index (κ2) is 8.22. The third-order valence-electron chi connectivity index (χ3n) is 4.12. The first-order valence-corrected chi connectivity index (χ1v) is 10.1. The summed E-state index contributed by atoms with van der Waals surface area (Å²) < 4.78 is 41.1. The summed E-state index contributed by atoms with van der Waals surface area (Å²) in [6.45, 7) is 2.01. The van der Waals surface area contributed by atoms with Gasteiger partial charge in [0, 0.05) is 11.3 Å². The van der Waals surface area contributed by atoms with E-state index in [0.29, 0.717) is 5.69 Å². The lowest BCUT2D eigenvalue weighted by atomic mass is 10.1. The van der Waals surface area contributed by atoms with Crippen LogP contribution in [0.1, 0.15) is 22.8 Å². The Morgan fingerprint density at radius 3 is 2.46 bits per heavy atom. The van der Waals surface area contributed by atoms with E-state index < -0.39 is 21.7 Å². The van der Waals surface area contributed by atoms with Gasteiger partial charge in [0.05, 0.1) is 10.6 Å². The van der Waals surface area contributed by atoms with E-state index in [0.717, 1.165) is 18.1 Å². The van der Waals surface area contributed by atoms with E-state index in [9.17, 15) is 17.6 Å². The molecule has 0 saturated carbocycles. The van der Waals surface area contributed by atoms with E-state index in [1.54, 1.807) is 6.07 Å². The molecule has 3 rings (SSSR count). The van der Waals surface area contributed by atoms with Gasteiger partial charge in [-0.15, -0.1) is 0 Å². The van der Waals surface area contributed by atoms with Crippen LogP contribution in [-0.2, 0) is 16.4 Å². The van der Waals surface area contributed by atoms with E-state index in [1.165, 1.54) is 42.5 Å². The van der Waals surface area contributed by atoms with Crippen LogP contribution in [0.3, 0.4) is 0 Å². The molecule has 0 heterocycles. The predicted molar refractivity (Wildman–Crippen MR) is 107 cm³/mol. The molecule has 3 aromatic carbocycles. The first kappa shape index (κ1) is 19.6. The first-order valence-electron chi connectivity index (χ1n) is 8.67. The Morgan fingerprint density at radius 1 is 0.964 bits per heavy atom. The molecule has 0 unspecified atom stereocenters. The van der Waals surface area contributed by atoms with Gasteiger partial charge in [0.2, 0.25) is 0 Å². The zero-order chi connectivity index (χ0) is 20.1. The van der Waals surface area contributed by atoms with Gasteiger partial charge in [0.25, 0.3) is 15.9 Å². The molecule has 3 aromatic rings. The highest BCUT2D eigenvalue weighted by Gasteiger charge is 2.18. The number of anilines is 2. The molecule has 7 heteroatoms. The molecule has 1 amide bonds. The van der Waals surface area contributed by atoms with Gasteiger partial charge in [-0.2, -0.15) is 0 Å². The fraction of sp³-hybridized carbons (Fsp3) is 0.0952. The van der Waals surface area contributed by atoms with Crippen molar-refractivity contribution < 1.29 is 17.6 Å². The maximum Gasteiger partial charge on any atom is 0.262 e. The molecule has 2 N–H and O–H groups in total. The molecule has 144 valence electrons. The van der Waals surface area contributed by atoms with Gasteiger partial charge in [-0.3, -0.25) is 9.52 Å². The van der Waals surface area contributed by atoms with E-state index in [4.69, 9.17) is 0 Å². The maximum absolute atomic E-state index is 13.8. The highest BCUT2D eigenvalue weighted by molar-refractivity contribution is 7.92. The van der Waals surface area contributed by atoms with Crippen molar-refractivity contribution in [1.82, 2.24) is 0 Å². The lowest BCUT2D eigenvalue weighted by Gasteiger charge is -2.11. The van der Waals surface area contributed by atoms with Gasteiger partial charge in [0.1, 0.15) is 5.82 Å². The molecular formula is C21H19FN2O3S. The topological polar surface area (TPSA) is 75.3 Å². The van der Waals surface area contributed by atoms with Crippen LogP contribution in [0.4, 0.5) is 15.8 Å². The number of nitrogens with one attached hydrogen (secondary N) is 2. The van der Waals surface area contributed by atoms with Crippen LogP contribution in [0, 0.1) is 5.82 Å². The number of sulfonamides is 1. The smallest absolute Gasteiger partial charge is 0.262 e. The summed E-state index contributed by atoms with van der Waals surface area (Å²) in [6, 6.07) is 18.5. The van der Waals surface area contributed by atoms with Crippen LogP contribution in [-0.4, -0.2) is 14.3 Å². The van der Waals surface area contributed by atoms with E-state index in [-0.39, 0.29) is 16.1 Å². The fourth-order valence-electron chi connectivity index (χ4n) is 2.62. The van der Waals surface area contributed by atoms with Crippen molar-refractivity contribution in [2.24, 2.45) is 0 Å². The maximum atomic E-state index is 13.8. The number of aryl methyl sites for hydroxylation is 1. The SMILES string of the molecule is CCc1cccc(NC(=O)c2cccc(S(=O)(=O)Nc3ccccc3F)c2)c1. The Morgan fingerprint density at radius 2 is 1.71 bits per heavy atom. The molecule has 0 fully saturated rings. The summed E-state index contributed by atoms with van der Waals surface area (Å²) in [5.41, 5.74) is 1.72.